The van der Waals surface area contributed by atoms with Crippen LogP contribution in [0.3, 0.4) is 0 Å². The molecule has 12 nitrogen and oxygen atoms in total. The van der Waals surface area contributed by atoms with E-state index in [1.165, 1.54) is 0 Å². The van der Waals surface area contributed by atoms with Gasteiger partial charge < -0.3 is 39.9 Å². The molecule has 0 aliphatic heterocycles. The Labute approximate surface area is 428 Å². The first kappa shape index (κ1) is 50.2. The van der Waals surface area contributed by atoms with Crippen LogP contribution in [0, 0.1) is 10.8 Å². The van der Waals surface area contributed by atoms with E-state index in [9.17, 15) is 30.0 Å². The van der Waals surface area contributed by atoms with Crippen LogP contribution in [0.2, 0.25) is 10.0 Å². The fourth-order valence-electron chi connectivity index (χ4n) is 9.83. The summed E-state index contributed by atoms with van der Waals surface area (Å²) in [6.45, 7) is 6.32. The van der Waals surface area contributed by atoms with E-state index in [0.29, 0.717) is 84.6 Å². The van der Waals surface area contributed by atoms with Crippen molar-refractivity contribution in [2.75, 3.05) is 0 Å². The standard InChI is InChI=1S/2C29H29ClN2O4/c2*1-28(2,27(33)34)29(35)14-12-21(13-15-29)36-25-17-24-23(31-25)16-22(30)26(32-24)20-10-8-19(9-11-20)18-6-4-3-5-7-18/h2*3-11,16-17,21,31,35H,12-15H2,1-2H3,(H,33,34). The minimum atomic E-state index is -1.25. The number of pyridine rings is 2. The van der Waals surface area contributed by atoms with Crippen LogP contribution in [-0.4, -0.2) is 75.7 Å². The van der Waals surface area contributed by atoms with E-state index >= 15 is 0 Å². The lowest BCUT2D eigenvalue weighted by Crippen LogP contribution is -2.52. The molecule has 0 atom stereocenters. The van der Waals surface area contributed by atoms with Crippen molar-refractivity contribution in [1.82, 2.24) is 19.9 Å². The minimum absolute atomic E-state index is 0.122. The molecule has 0 unspecified atom stereocenters. The monoisotopic (exact) mass is 1010 g/mol. The van der Waals surface area contributed by atoms with Gasteiger partial charge in [0.2, 0.25) is 0 Å². The van der Waals surface area contributed by atoms with E-state index in [-0.39, 0.29) is 12.2 Å². The number of rotatable bonds is 12. The molecule has 10 rings (SSSR count). The molecule has 8 aromatic rings. The number of nitrogens with one attached hydrogen (secondary N) is 2. The molecule has 4 aromatic carbocycles. The Morgan fingerprint density at radius 3 is 1.14 bits per heavy atom. The predicted octanol–water partition coefficient (Wildman–Crippen LogP) is 13.4. The number of carbonyl (C=O) groups is 2. The Morgan fingerprint density at radius 2 is 0.819 bits per heavy atom. The third kappa shape index (κ3) is 10.2. The lowest BCUT2D eigenvalue weighted by atomic mass is 9.66. The highest BCUT2D eigenvalue weighted by Gasteiger charge is 2.52. The lowest BCUT2D eigenvalue weighted by molar-refractivity contribution is -0.172. The molecule has 6 N–H and O–H groups in total. The number of hydrogen-bond acceptors (Lipinski definition) is 8. The van der Waals surface area contributed by atoms with Crippen LogP contribution in [0.1, 0.15) is 79.1 Å². The summed E-state index contributed by atoms with van der Waals surface area (Å²) in [6.07, 6.45) is 3.48. The number of carboxylic acids is 2. The van der Waals surface area contributed by atoms with Crippen LogP contribution in [0.15, 0.2) is 133 Å². The maximum atomic E-state index is 11.6. The Hall–Kier alpha value is -6.70. The number of aliphatic carboxylic acids is 2. The number of benzene rings is 4. The van der Waals surface area contributed by atoms with Gasteiger partial charge in [0, 0.05) is 23.3 Å². The highest BCUT2D eigenvalue weighted by Crippen LogP contribution is 2.45. The summed E-state index contributed by atoms with van der Waals surface area (Å²) < 4.78 is 12.3. The van der Waals surface area contributed by atoms with E-state index in [1.807, 2.05) is 84.9 Å². The predicted molar refractivity (Wildman–Crippen MR) is 282 cm³/mol. The van der Waals surface area contributed by atoms with Crippen molar-refractivity contribution < 1.29 is 39.5 Å². The summed E-state index contributed by atoms with van der Waals surface area (Å²) in [5.74, 6) is -0.821. The zero-order valence-electron chi connectivity index (χ0n) is 40.6. The Kier molecular flexibility index (Phi) is 14.0. The van der Waals surface area contributed by atoms with Gasteiger partial charge in [-0.15, -0.1) is 0 Å². The SMILES string of the molecule is CC(C)(C(=O)O)C1(O)CCC(Oc2cc3nc(-c4ccc(-c5ccccc5)cc4)c(Cl)cc3[nH]2)CC1.CC(C)(C(=O)O)C1(O)CCC(Oc2cc3nc(-c4ccc(-c5ccccc5)cc4)c(Cl)cc3[nH]2)CC1. The maximum absolute atomic E-state index is 11.6. The Balaban J connectivity index is 0.000000178. The zero-order valence-corrected chi connectivity index (χ0v) is 42.1. The summed E-state index contributed by atoms with van der Waals surface area (Å²) in [5, 5.41) is 42.0. The second-order valence-corrected chi connectivity index (χ2v) is 21.0. The molecule has 0 spiro atoms. The van der Waals surface area contributed by atoms with Gasteiger partial charge in [-0.05, 0) is 113 Å². The molecular formula is C58H58Cl2N4O8. The van der Waals surface area contributed by atoms with Crippen molar-refractivity contribution in [2.24, 2.45) is 10.8 Å². The summed E-state index contributed by atoms with van der Waals surface area (Å²) in [5.41, 5.74) is 5.93. The van der Waals surface area contributed by atoms with Gasteiger partial charge in [0.25, 0.3) is 0 Å². The average molecular weight is 1010 g/mol. The molecule has 2 aliphatic rings. The second-order valence-electron chi connectivity index (χ2n) is 20.2. The summed E-state index contributed by atoms with van der Waals surface area (Å²) in [4.78, 5) is 39.3. The van der Waals surface area contributed by atoms with Gasteiger partial charge in [0.05, 0.1) is 65.5 Å². The maximum Gasteiger partial charge on any atom is 0.312 e. The van der Waals surface area contributed by atoms with Crippen LogP contribution < -0.4 is 9.47 Å². The summed E-state index contributed by atoms with van der Waals surface area (Å²) in [6, 6.07) is 44.1. The molecule has 4 heterocycles. The van der Waals surface area contributed by atoms with Gasteiger partial charge >= 0.3 is 11.9 Å². The quantitative estimate of drug-likeness (QED) is 0.0687. The van der Waals surface area contributed by atoms with E-state index in [0.717, 1.165) is 55.4 Å². The normalized spacial score (nSPS) is 20.4. The van der Waals surface area contributed by atoms with E-state index in [1.54, 1.807) is 27.7 Å². The molecule has 0 radical (unpaired) electrons. The molecule has 372 valence electrons. The number of H-pyrrole nitrogens is 2. The number of hydrogen-bond donors (Lipinski definition) is 6. The number of halogens is 2. The van der Waals surface area contributed by atoms with Gasteiger partial charge in [0.15, 0.2) is 11.8 Å². The number of aliphatic hydroxyl groups is 2. The fraction of sp³-hybridized carbons (Fsp3) is 0.310. The Morgan fingerprint density at radius 1 is 0.514 bits per heavy atom. The molecule has 2 fully saturated rings. The number of nitrogens with zero attached hydrogens (tertiary/aromatic N) is 2. The van der Waals surface area contributed by atoms with Crippen LogP contribution in [0.25, 0.3) is 66.8 Å². The van der Waals surface area contributed by atoms with Gasteiger partial charge in [-0.3, -0.25) is 9.59 Å². The second kappa shape index (κ2) is 20.1. The van der Waals surface area contributed by atoms with Gasteiger partial charge in [-0.2, -0.15) is 0 Å². The first-order valence-electron chi connectivity index (χ1n) is 24.3. The lowest BCUT2D eigenvalue weighted by Gasteiger charge is -2.44. The average Bonchev–Trinajstić information content (AvgIpc) is 3.97. The largest absolute Gasteiger partial charge is 0.481 e. The van der Waals surface area contributed by atoms with Gasteiger partial charge in [-0.25, -0.2) is 9.97 Å². The number of carboxylic acid groups (broad SMARTS) is 2. The first-order valence-corrected chi connectivity index (χ1v) is 25.0. The molecular weight excluding hydrogens is 952 g/mol. The minimum Gasteiger partial charge on any atom is -0.481 e. The van der Waals surface area contributed by atoms with E-state index < -0.39 is 34.0 Å². The molecule has 0 saturated heterocycles. The van der Waals surface area contributed by atoms with Crippen molar-refractivity contribution in [2.45, 2.75) is 102 Å². The van der Waals surface area contributed by atoms with Crippen molar-refractivity contribution in [3.05, 3.63) is 144 Å². The first-order chi connectivity index (χ1) is 34.3. The molecule has 72 heavy (non-hydrogen) atoms. The number of ether oxygens (including phenoxy) is 2. The number of fused-ring (bicyclic) bond motifs is 2. The highest BCUT2D eigenvalue weighted by atomic mass is 35.5. The van der Waals surface area contributed by atoms with Crippen LogP contribution in [0.4, 0.5) is 0 Å². The van der Waals surface area contributed by atoms with Crippen LogP contribution in [-0.2, 0) is 9.59 Å². The molecule has 0 bridgehead atoms. The van der Waals surface area contributed by atoms with Crippen molar-refractivity contribution in [1.29, 1.82) is 0 Å². The Bertz CT molecular complexity index is 2990. The van der Waals surface area contributed by atoms with Crippen molar-refractivity contribution in [3.63, 3.8) is 0 Å². The van der Waals surface area contributed by atoms with Crippen LogP contribution in [0.5, 0.6) is 11.8 Å². The zero-order chi connectivity index (χ0) is 51.0. The topological polar surface area (TPSA) is 191 Å². The van der Waals surface area contributed by atoms with E-state index in [2.05, 4.69) is 58.5 Å². The van der Waals surface area contributed by atoms with Crippen molar-refractivity contribution >= 4 is 57.2 Å². The van der Waals surface area contributed by atoms with E-state index in [4.69, 9.17) is 42.6 Å². The summed E-state index contributed by atoms with van der Waals surface area (Å²) >= 11 is 13.2. The molecule has 2 aliphatic carbocycles. The number of aromatic amines is 2. The third-order valence-electron chi connectivity index (χ3n) is 15.1. The highest BCUT2D eigenvalue weighted by molar-refractivity contribution is 6.34. The fourth-order valence-corrected chi connectivity index (χ4v) is 10.3. The number of aromatic nitrogens is 4. The molecule has 14 heteroatoms. The molecule has 4 aromatic heterocycles. The van der Waals surface area contributed by atoms with Crippen LogP contribution >= 0.6 is 23.2 Å². The third-order valence-corrected chi connectivity index (χ3v) is 15.7. The van der Waals surface area contributed by atoms with Gasteiger partial charge in [-0.1, -0.05) is 132 Å². The summed E-state index contributed by atoms with van der Waals surface area (Å²) in [7, 11) is 0. The molecule has 0 amide bonds. The molecule has 2 saturated carbocycles. The van der Waals surface area contributed by atoms with Gasteiger partial charge in [0.1, 0.15) is 12.2 Å². The smallest absolute Gasteiger partial charge is 0.312 e. The van der Waals surface area contributed by atoms with Crippen molar-refractivity contribution in [3.8, 4) is 56.5 Å².